The Morgan fingerprint density at radius 3 is 2.53 bits per heavy atom. The van der Waals surface area contributed by atoms with Gasteiger partial charge in [0.05, 0.1) is 12.6 Å². The number of hydrogen-bond donors (Lipinski definition) is 1. The van der Waals surface area contributed by atoms with Gasteiger partial charge >= 0.3 is 6.09 Å². The predicted octanol–water partition coefficient (Wildman–Crippen LogP) is 2.40. The molecule has 2 saturated carbocycles. The predicted molar refractivity (Wildman–Crippen MR) is 71.7 cm³/mol. The standard InChI is InChI=1S/C15H25NO3/c1-14(2,3)19-13(18)16-8-10-12(11(16)9-17)15(10)6-4-5-7-15/h10-12,17H,4-9H2,1-3H3/t10-,11+,12-/m0/s1. The van der Waals surface area contributed by atoms with Gasteiger partial charge in [0.1, 0.15) is 5.60 Å². The number of aliphatic hydroxyl groups excluding tert-OH is 1. The summed E-state index contributed by atoms with van der Waals surface area (Å²) >= 11 is 0. The minimum Gasteiger partial charge on any atom is -0.444 e. The molecule has 0 aromatic rings. The highest BCUT2D eigenvalue weighted by Crippen LogP contribution is 2.72. The van der Waals surface area contributed by atoms with Crippen LogP contribution in [0.4, 0.5) is 4.79 Å². The normalized spacial score (nSPS) is 35.6. The molecule has 0 radical (unpaired) electrons. The highest BCUT2D eigenvalue weighted by atomic mass is 16.6. The largest absolute Gasteiger partial charge is 0.444 e. The first kappa shape index (κ1) is 13.2. The number of carbonyl (C=O) groups is 1. The SMILES string of the molecule is CC(C)(C)OC(=O)N1C[C@H]2[C@@H]([C@H]1CO)C21CCCC1. The summed E-state index contributed by atoms with van der Waals surface area (Å²) in [6, 6.07) is -0.0158. The number of aliphatic hydroxyl groups is 1. The average Bonchev–Trinajstić information content (AvgIpc) is 2.70. The Balaban J connectivity index is 1.69. The van der Waals surface area contributed by atoms with Crippen molar-refractivity contribution in [1.29, 1.82) is 0 Å². The second kappa shape index (κ2) is 4.11. The third-order valence-electron chi connectivity index (χ3n) is 5.28. The van der Waals surface area contributed by atoms with E-state index in [1.807, 2.05) is 20.8 Å². The molecule has 3 aliphatic rings. The Labute approximate surface area is 115 Å². The molecule has 4 heteroatoms. The molecule has 0 aromatic carbocycles. The van der Waals surface area contributed by atoms with E-state index < -0.39 is 5.60 Å². The van der Waals surface area contributed by atoms with Crippen molar-refractivity contribution in [2.45, 2.75) is 58.1 Å². The Kier molecular flexibility index (Phi) is 2.86. The Morgan fingerprint density at radius 2 is 2.00 bits per heavy atom. The molecule has 1 spiro atoms. The average molecular weight is 267 g/mol. The van der Waals surface area contributed by atoms with Crippen LogP contribution in [0, 0.1) is 17.3 Å². The van der Waals surface area contributed by atoms with Crippen LogP contribution < -0.4 is 0 Å². The van der Waals surface area contributed by atoms with Gasteiger partial charge in [0.25, 0.3) is 0 Å². The van der Waals surface area contributed by atoms with Gasteiger partial charge in [0, 0.05) is 6.54 Å². The highest BCUT2D eigenvalue weighted by molar-refractivity contribution is 5.69. The lowest BCUT2D eigenvalue weighted by Crippen LogP contribution is -2.45. The summed E-state index contributed by atoms with van der Waals surface area (Å²) in [7, 11) is 0. The van der Waals surface area contributed by atoms with Gasteiger partial charge < -0.3 is 14.7 Å². The summed E-state index contributed by atoms with van der Waals surface area (Å²) in [5, 5.41) is 9.67. The molecule has 4 nitrogen and oxygen atoms in total. The van der Waals surface area contributed by atoms with Crippen molar-refractivity contribution in [3.05, 3.63) is 0 Å². The van der Waals surface area contributed by atoms with E-state index in [9.17, 15) is 9.90 Å². The number of carbonyl (C=O) groups excluding carboxylic acids is 1. The van der Waals surface area contributed by atoms with Crippen molar-refractivity contribution in [1.82, 2.24) is 4.90 Å². The molecule has 1 heterocycles. The molecule has 3 atom stereocenters. The van der Waals surface area contributed by atoms with E-state index >= 15 is 0 Å². The number of rotatable bonds is 1. The van der Waals surface area contributed by atoms with E-state index in [2.05, 4.69) is 0 Å². The maximum Gasteiger partial charge on any atom is 0.410 e. The topological polar surface area (TPSA) is 49.8 Å². The molecule has 1 amide bonds. The first-order valence-corrected chi connectivity index (χ1v) is 7.49. The minimum absolute atomic E-state index is 0.0158. The fourth-order valence-electron chi connectivity index (χ4n) is 4.58. The molecule has 108 valence electrons. The van der Waals surface area contributed by atoms with E-state index in [1.54, 1.807) is 4.90 Å². The lowest BCUT2D eigenvalue weighted by Gasteiger charge is -2.32. The molecule has 1 saturated heterocycles. The monoisotopic (exact) mass is 267 g/mol. The molecule has 3 rings (SSSR count). The first-order valence-electron chi connectivity index (χ1n) is 7.49. The fraction of sp³-hybridized carbons (Fsp3) is 0.933. The molecule has 19 heavy (non-hydrogen) atoms. The van der Waals surface area contributed by atoms with E-state index in [4.69, 9.17) is 4.74 Å². The van der Waals surface area contributed by atoms with Crippen LogP contribution in [-0.4, -0.2) is 40.9 Å². The van der Waals surface area contributed by atoms with E-state index in [0.29, 0.717) is 17.3 Å². The lowest BCUT2D eigenvalue weighted by atomic mass is 9.95. The Morgan fingerprint density at radius 1 is 1.37 bits per heavy atom. The van der Waals surface area contributed by atoms with E-state index in [-0.39, 0.29) is 18.7 Å². The number of nitrogens with zero attached hydrogens (tertiary/aromatic N) is 1. The zero-order valence-corrected chi connectivity index (χ0v) is 12.2. The van der Waals surface area contributed by atoms with E-state index in [1.165, 1.54) is 25.7 Å². The van der Waals surface area contributed by atoms with Crippen molar-refractivity contribution < 1.29 is 14.6 Å². The van der Waals surface area contributed by atoms with Crippen LogP contribution in [0.1, 0.15) is 46.5 Å². The minimum atomic E-state index is -0.463. The smallest absolute Gasteiger partial charge is 0.410 e. The van der Waals surface area contributed by atoms with Gasteiger partial charge in [0.2, 0.25) is 0 Å². The molecule has 0 bridgehead atoms. The summed E-state index contributed by atoms with van der Waals surface area (Å²) < 4.78 is 5.45. The van der Waals surface area contributed by atoms with Crippen molar-refractivity contribution >= 4 is 6.09 Å². The molecule has 1 aliphatic heterocycles. The van der Waals surface area contributed by atoms with Gasteiger partial charge in [-0.2, -0.15) is 0 Å². The number of piperidine rings is 1. The van der Waals surface area contributed by atoms with Crippen LogP contribution in [0.25, 0.3) is 0 Å². The third kappa shape index (κ3) is 1.95. The maximum absolute atomic E-state index is 12.2. The zero-order valence-electron chi connectivity index (χ0n) is 12.2. The number of hydrogen-bond acceptors (Lipinski definition) is 3. The number of amides is 1. The van der Waals surface area contributed by atoms with Crippen LogP contribution in [0.15, 0.2) is 0 Å². The molecule has 2 aliphatic carbocycles. The van der Waals surface area contributed by atoms with Gasteiger partial charge in [-0.3, -0.25) is 0 Å². The van der Waals surface area contributed by atoms with Crippen molar-refractivity contribution in [2.75, 3.05) is 13.2 Å². The van der Waals surface area contributed by atoms with Gasteiger partial charge in [-0.1, -0.05) is 12.8 Å². The van der Waals surface area contributed by atoms with Gasteiger partial charge in [-0.15, -0.1) is 0 Å². The van der Waals surface area contributed by atoms with Gasteiger partial charge in [0.15, 0.2) is 0 Å². The molecular weight excluding hydrogens is 242 g/mol. The summed E-state index contributed by atoms with van der Waals surface area (Å²) in [6.07, 6.45) is 4.96. The zero-order chi connectivity index (χ0) is 13.8. The van der Waals surface area contributed by atoms with Gasteiger partial charge in [-0.25, -0.2) is 4.79 Å². The van der Waals surface area contributed by atoms with Gasteiger partial charge in [-0.05, 0) is 50.9 Å². The van der Waals surface area contributed by atoms with Crippen molar-refractivity contribution in [3.63, 3.8) is 0 Å². The quantitative estimate of drug-likeness (QED) is 0.793. The summed E-state index contributed by atoms with van der Waals surface area (Å²) in [5.74, 6) is 1.13. The highest BCUT2D eigenvalue weighted by Gasteiger charge is 2.72. The molecule has 3 fully saturated rings. The van der Waals surface area contributed by atoms with Crippen LogP contribution in [0.3, 0.4) is 0 Å². The van der Waals surface area contributed by atoms with Crippen LogP contribution in [-0.2, 0) is 4.74 Å². The van der Waals surface area contributed by atoms with Crippen LogP contribution in [0.2, 0.25) is 0 Å². The number of likely N-dealkylation sites (tertiary alicyclic amines) is 1. The summed E-state index contributed by atoms with van der Waals surface area (Å²) in [6.45, 7) is 6.50. The molecule has 0 aromatic heterocycles. The van der Waals surface area contributed by atoms with Crippen molar-refractivity contribution in [2.24, 2.45) is 17.3 Å². The van der Waals surface area contributed by atoms with Crippen molar-refractivity contribution in [3.8, 4) is 0 Å². The van der Waals surface area contributed by atoms with Crippen LogP contribution >= 0.6 is 0 Å². The molecule has 0 unspecified atom stereocenters. The Bertz CT molecular complexity index is 381. The number of ether oxygens (including phenoxy) is 1. The summed E-state index contributed by atoms with van der Waals surface area (Å²) in [4.78, 5) is 14.0. The molecular formula is C15H25NO3. The second-order valence-corrected chi connectivity index (χ2v) is 7.46. The lowest BCUT2D eigenvalue weighted by molar-refractivity contribution is 0.00857. The summed E-state index contributed by atoms with van der Waals surface area (Å²) in [5.41, 5.74) is 0.000818. The van der Waals surface area contributed by atoms with Crippen LogP contribution in [0.5, 0.6) is 0 Å². The third-order valence-corrected chi connectivity index (χ3v) is 5.28. The second-order valence-electron chi connectivity index (χ2n) is 7.46. The maximum atomic E-state index is 12.2. The van der Waals surface area contributed by atoms with E-state index in [0.717, 1.165) is 6.54 Å². The fourth-order valence-corrected chi connectivity index (χ4v) is 4.58. The first-order chi connectivity index (χ1) is 8.89. The number of fused-ring (bicyclic) bond motifs is 3. The Hall–Kier alpha value is -0.770. The molecule has 1 N–H and O–H groups in total.